The van der Waals surface area contributed by atoms with Crippen molar-refractivity contribution in [1.82, 2.24) is 0 Å². The summed E-state index contributed by atoms with van der Waals surface area (Å²) in [5.41, 5.74) is 2.15. The van der Waals surface area contributed by atoms with Crippen molar-refractivity contribution in [3.05, 3.63) is 54.1 Å². The first-order chi connectivity index (χ1) is 12.3. The second kappa shape index (κ2) is 8.23. The van der Waals surface area contributed by atoms with E-state index in [9.17, 15) is 13.2 Å². The average molecular weight is 376 g/mol. The molecule has 0 fully saturated rings. The summed E-state index contributed by atoms with van der Waals surface area (Å²) in [5.74, 6) is 0.0985. The van der Waals surface area contributed by atoms with Gasteiger partial charge in [-0.15, -0.1) is 0 Å². The van der Waals surface area contributed by atoms with Gasteiger partial charge in [0, 0.05) is 11.8 Å². The Labute approximate surface area is 154 Å². The zero-order chi connectivity index (χ0) is 19.3. The smallest absolute Gasteiger partial charge is 0.247 e. The van der Waals surface area contributed by atoms with Gasteiger partial charge in [0.2, 0.25) is 15.9 Å². The number of amides is 1. The summed E-state index contributed by atoms with van der Waals surface area (Å²) >= 11 is 0. The van der Waals surface area contributed by atoms with Gasteiger partial charge in [0.1, 0.15) is 11.8 Å². The quantitative estimate of drug-likeness (QED) is 0.806. The summed E-state index contributed by atoms with van der Waals surface area (Å²) in [6.07, 6.45) is 1.98. The number of nitrogens with zero attached hydrogens (tertiary/aromatic N) is 1. The number of aryl methyl sites for hydroxylation is 1. The molecule has 6 nitrogen and oxygen atoms in total. The van der Waals surface area contributed by atoms with E-state index in [2.05, 4.69) is 5.32 Å². The highest BCUT2D eigenvalue weighted by Gasteiger charge is 2.29. The lowest BCUT2D eigenvalue weighted by atomic mass is 10.1. The molecule has 2 aromatic rings. The fraction of sp³-hybridized carbons (Fsp3) is 0.316. The summed E-state index contributed by atoms with van der Waals surface area (Å²) in [6.45, 7) is 3.60. The third-order valence-corrected chi connectivity index (χ3v) is 5.27. The summed E-state index contributed by atoms with van der Waals surface area (Å²) in [4.78, 5) is 12.6. The van der Waals surface area contributed by atoms with E-state index in [0.717, 1.165) is 22.5 Å². The molecule has 0 radical (unpaired) electrons. The highest BCUT2D eigenvalue weighted by molar-refractivity contribution is 7.92. The van der Waals surface area contributed by atoms with E-state index in [0.29, 0.717) is 17.1 Å². The van der Waals surface area contributed by atoms with Crippen LogP contribution in [0.4, 0.5) is 11.4 Å². The van der Waals surface area contributed by atoms with Crippen LogP contribution in [0, 0.1) is 0 Å². The second-order valence-electron chi connectivity index (χ2n) is 5.98. The molecule has 26 heavy (non-hydrogen) atoms. The first-order valence-corrected chi connectivity index (χ1v) is 10.1. The van der Waals surface area contributed by atoms with Gasteiger partial charge in [0.15, 0.2) is 0 Å². The van der Waals surface area contributed by atoms with Crippen LogP contribution in [0.1, 0.15) is 19.4 Å². The van der Waals surface area contributed by atoms with Gasteiger partial charge in [-0.1, -0.05) is 25.1 Å². The van der Waals surface area contributed by atoms with E-state index in [1.165, 1.54) is 7.11 Å². The van der Waals surface area contributed by atoms with Gasteiger partial charge in [-0.05, 0) is 43.2 Å². The van der Waals surface area contributed by atoms with Gasteiger partial charge < -0.3 is 10.1 Å². The number of hydrogen-bond donors (Lipinski definition) is 1. The molecule has 0 saturated heterocycles. The molecule has 0 aromatic heterocycles. The van der Waals surface area contributed by atoms with Gasteiger partial charge in [0.05, 0.1) is 19.1 Å². The maximum absolute atomic E-state index is 12.6. The Kier molecular flexibility index (Phi) is 6.26. The van der Waals surface area contributed by atoms with Crippen molar-refractivity contribution >= 4 is 27.3 Å². The average Bonchev–Trinajstić information content (AvgIpc) is 2.61. The third-order valence-electron chi connectivity index (χ3n) is 4.03. The largest absolute Gasteiger partial charge is 0.497 e. The first kappa shape index (κ1) is 19.8. The number of sulfonamides is 1. The predicted molar refractivity (Wildman–Crippen MR) is 104 cm³/mol. The molecule has 1 N–H and O–H groups in total. The number of nitrogens with one attached hydrogen (secondary N) is 1. The van der Waals surface area contributed by atoms with Gasteiger partial charge in [-0.25, -0.2) is 8.42 Å². The lowest BCUT2D eigenvalue weighted by molar-refractivity contribution is -0.116. The minimum atomic E-state index is -3.67. The molecular formula is C19H24N2O4S. The van der Waals surface area contributed by atoms with Crippen molar-refractivity contribution in [3.8, 4) is 5.75 Å². The highest BCUT2D eigenvalue weighted by atomic mass is 32.2. The van der Waals surface area contributed by atoms with Crippen LogP contribution >= 0.6 is 0 Å². The monoisotopic (exact) mass is 376 g/mol. The molecule has 2 rings (SSSR count). The lowest BCUT2D eigenvalue weighted by Gasteiger charge is -2.28. The highest BCUT2D eigenvalue weighted by Crippen LogP contribution is 2.25. The number of rotatable bonds is 7. The first-order valence-electron chi connectivity index (χ1n) is 8.29. The van der Waals surface area contributed by atoms with Gasteiger partial charge in [-0.3, -0.25) is 9.10 Å². The molecule has 0 bridgehead atoms. The Bertz CT molecular complexity index is 863. The van der Waals surface area contributed by atoms with Crippen molar-refractivity contribution in [2.45, 2.75) is 26.3 Å². The van der Waals surface area contributed by atoms with Gasteiger partial charge in [-0.2, -0.15) is 0 Å². The normalized spacial score (nSPS) is 12.3. The molecule has 7 heteroatoms. The molecule has 0 aliphatic rings. The summed E-state index contributed by atoms with van der Waals surface area (Å²) in [7, 11) is -2.17. The summed E-state index contributed by atoms with van der Waals surface area (Å²) in [5, 5.41) is 2.77. The minimum Gasteiger partial charge on any atom is -0.497 e. The molecule has 0 spiro atoms. The number of methoxy groups -OCH3 is 1. The SMILES string of the molecule is CCc1ccc(NC(=O)[C@H](C)N(c2cccc(OC)c2)S(C)(=O)=O)cc1. The molecule has 0 heterocycles. The van der Waals surface area contributed by atoms with E-state index in [-0.39, 0.29) is 0 Å². The number of benzene rings is 2. The lowest BCUT2D eigenvalue weighted by Crippen LogP contribution is -2.45. The van der Waals surface area contributed by atoms with Crippen LogP contribution in [-0.4, -0.2) is 33.7 Å². The van der Waals surface area contributed by atoms with Crippen LogP contribution in [0.2, 0.25) is 0 Å². The molecule has 1 amide bonds. The van der Waals surface area contributed by atoms with E-state index in [1.54, 1.807) is 43.3 Å². The van der Waals surface area contributed by atoms with Gasteiger partial charge >= 0.3 is 0 Å². The minimum absolute atomic E-state index is 0.371. The molecule has 0 aliphatic heterocycles. The van der Waals surface area contributed by atoms with Crippen LogP contribution in [0.3, 0.4) is 0 Å². The molecule has 140 valence electrons. The van der Waals surface area contributed by atoms with Crippen molar-refractivity contribution in [2.24, 2.45) is 0 Å². The second-order valence-corrected chi connectivity index (χ2v) is 7.84. The number of carbonyl (C=O) groups is 1. The topological polar surface area (TPSA) is 75.7 Å². The summed E-state index contributed by atoms with van der Waals surface area (Å²) < 4.78 is 30.9. The Balaban J connectivity index is 2.27. The number of anilines is 2. The van der Waals surface area contributed by atoms with E-state index < -0.39 is 22.0 Å². The Morgan fingerprint density at radius 1 is 1.19 bits per heavy atom. The van der Waals surface area contributed by atoms with Crippen LogP contribution in [0.5, 0.6) is 5.75 Å². The molecule has 0 saturated carbocycles. The Hall–Kier alpha value is -2.54. The van der Waals surface area contributed by atoms with Crippen LogP contribution in [-0.2, 0) is 21.2 Å². The van der Waals surface area contributed by atoms with Crippen molar-refractivity contribution in [2.75, 3.05) is 23.0 Å². The maximum atomic E-state index is 12.6. The maximum Gasteiger partial charge on any atom is 0.247 e. The molecule has 0 aliphatic carbocycles. The molecule has 0 unspecified atom stereocenters. The molecular weight excluding hydrogens is 352 g/mol. The van der Waals surface area contributed by atoms with Crippen molar-refractivity contribution < 1.29 is 17.9 Å². The third kappa shape index (κ3) is 4.76. The van der Waals surface area contributed by atoms with E-state index in [4.69, 9.17) is 4.74 Å². The van der Waals surface area contributed by atoms with E-state index in [1.807, 2.05) is 19.1 Å². The Morgan fingerprint density at radius 3 is 2.38 bits per heavy atom. The van der Waals surface area contributed by atoms with Crippen LogP contribution in [0.25, 0.3) is 0 Å². The molecule has 1 atom stereocenters. The van der Waals surface area contributed by atoms with Crippen molar-refractivity contribution in [3.63, 3.8) is 0 Å². The zero-order valence-corrected chi connectivity index (χ0v) is 16.2. The van der Waals surface area contributed by atoms with Gasteiger partial charge in [0.25, 0.3) is 0 Å². The predicted octanol–water partition coefficient (Wildman–Crippen LogP) is 3.05. The number of ether oxygens (including phenoxy) is 1. The zero-order valence-electron chi connectivity index (χ0n) is 15.4. The van der Waals surface area contributed by atoms with Crippen LogP contribution in [0.15, 0.2) is 48.5 Å². The van der Waals surface area contributed by atoms with E-state index >= 15 is 0 Å². The summed E-state index contributed by atoms with van der Waals surface area (Å²) in [6, 6.07) is 13.1. The number of hydrogen-bond acceptors (Lipinski definition) is 4. The fourth-order valence-electron chi connectivity index (χ4n) is 2.63. The standard InChI is InChI=1S/C19H24N2O4S/c1-5-15-9-11-16(12-10-15)20-19(22)14(2)21(26(4,23)24)17-7-6-8-18(13-17)25-3/h6-14H,5H2,1-4H3,(H,20,22)/t14-/m0/s1. The number of carbonyl (C=O) groups excluding carboxylic acids is 1. The Morgan fingerprint density at radius 2 is 1.85 bits per heavy atom. The van der Waals surface area contributed by atoms with Crippen LogP contribution < -0.4 is 14.4 Å². The fourth-order valence-corrected chi connectivity index (χ4v) is 3.79. The molecule has 2 aromatic carbocycles. The van der Waals surface area contributed by atoms with Crippen molar-refractivity contribution in [1.29, 1.82) is 0 Å².